The van der Waals surface area contributed by atoms with E-state index in [9.17, 15) is 26.4 Å². The normalized spacial score (nSPS) is 15.2. The summed E-state index contributed by atoms with van der Waals surface area (Å²) >= 11 is 0. The third kappa shape index (κ3) is 6.30. The number of rotatable bonds is 8. The zero-order valence-corrected chi connectivity index (χ0v) is 22.1. The van der Waals surface area contributed by atoms with E-state index in [4.69, 9.17) is 4.74 Å². The molecule has 5 rings (SSSR count). The van der Waals surface area contributed by atoms with Crippen molar-refractivity contribution in [2.24, 2.45) is 0 Å². The van der Waals surface area contributed by atoms with Crippen molar-refractivity contribution in [3.63, 3.8) is 0 Å². The van der Waals surface area contributed by atoms with E-state index in [0.29, 0.717) is 36.6 Å². The van der Waals surface area contributed by atoms with Gasteiger partial charge in [0, 0.05) is 41.6 Å². The molecule has 2 heterocycles. The molecule has 0 saturated carbocycles. The molecule has 40 heavy (non-hydrogen) atoms. The largest absolute Gasteiger partial charge is 0.416 e. The number of para-hydroxylation sites is 1. The van der Waals surface area contributed by atoms with E-state index >= 15 is 0 Å². The number of aromatic amines is 1. The molecular formula is C28H27F3N4O4S. The third-order valence-corrected chi connectivity index (χ3v) is 8.20. The number of alkyl halides is 3. The number of hydrogen-bond donors (Lipinski definition) is 3. The first kappa shape index (κ1) is 27.7. The minimum atomic E-state index is -4.61. The molecule has 1 aromatic heterocycles. The molecule has 1 aliphatic rings. The summed E-state index contributed by atoms with van der Waals surface area (Å²) in [7, 11) is -4.34. The summed E-state index contributed by atoms with van der Waals surface area (Å²) < 4.78 is 73.1. The van der Waals surface area contributed by atoms with E-state index in [1.165, 1.54) is 0 Å². The summed E-state index contributed by atoms with van der Waals surface area (Å²) in [6.07, 6.45) is -2.90. The van der Waals surface area contributed by atoms with Gasteiger partial charge >= 0.3 is 6.18 Å². The lowest BCUT2D eigenvalue weighted by Gasteiger charge is -2.29. The predicted octanol–water partition coefficient (Wildman–Crippen LogP) is 4.55. The number of nitrogens with zero attached hydrogens (tertiary/aromatic N) is 1. The van der Waals surface area contributed by atoms with Crippen molar-refractivity contribution in [3.05, 3.63) is 90.1 Å². The lowest BCUT2D eigenvalue weighted by molar-refractivity contribution is -0.137. The van der Waals surface area contributed by atoms with Crippen molar-refractivity contribution in [1.29, 1.82) is 0 Å². The first-order chi connectivity index (χ1) is 19.1. The van der Waals surface area contributed by atoms with Gasteiger partial charge in [0.2, 0.25) is 15.9 Å². The number of anilines is 2. The Morgan fingerprint density at radius 1 is 0.975 bits per heavy atom. The molecule has 0 aliphatic carbocycles. The first-order valence-corrected chi connectivity index (χ1v) is 14.1. The monoisotopic (exact) mass is 572 g/mol. The van der Waals surface area contributed by atoms with Crippen molar-refractivity contribution in [1.82, 2.24) is 9.71 Å². The molecular weight excluding hydrogens is 545 g/mol. The lowest BCUT2D eigenvalue weighted by Crippen LogP contribution is -2.45. The van der Waals surface area contributed by atoms with Crippen molar-refractivity contribution in [3.8, 4) is 0 Å². The molecule has 1 amide bonds. The summed E-state index contributed by atoms with van der Waals surface area (Å²) in [6.45, 7) is 2.77. The molecule has 4 aromatic rings. The van der Waals surface area contributed by atoms with Crippen LogP contribution in [0, 0.1) is 0 Å². The van der Waals surface area contributed by atoms with Gasteiger partial charge in [0.15, 0.2) is 0 Å². The number of hydrogen-bond acceptors (Lipinski definition) is 5. The minimum Gasteiger partial charge on any atom is -0.378 e. The molecule has 0 radical (unpaired) electrons. The number of H-pyrrole nitrogens is 1. The number of ether oxygens (including phenoxy) is 1. The molecule has 0 spiro atoms. The molecule has 12 heteroatoms. The van der Waals surface area contributed by atoms with Gasteiger partial charge in [-0.2, -0.15) is 17.9 Å². The molecule has 0 unspecified atom stereocenters. The molecule has 1 atom stereocenters. The standard InChI is InChI=1S/C28H27F3N4O4S/c29-28(30,31)20-5-11-23(12-6-20)40(37,38)34-26(17-19-18-32-25-4-2-1-3-24(19)25)27(36)33-21-7-9-22(10-8-21)35-13-15-39-16-14-35/h1-12,18,26,32,34H,13-17H2,(H,33,36)/t26-/m0/s1. The van der Waals surface area contributed by atoms with Crippen molar-refractivity contribution in [2.75, 3.05) is 36.5 Å². The summed E-state index contributed by atoms with van der Waals surface area (Å²) in [4.78, 5) is 18.3. The highest BCUT2D eigenvalue weighted by Gasteiger charge is 2.32. The number of morpholine rings is 1. The van der Waals surface area contributed by atoms with Crippen molar-refractivity contribution < 1.29 is 31.1 Å². The van der Waals surface area contributed by atoms with E-state index in [0.717, 1.165) is 41.8 Å². The van der Waals surface area contributed by atoms with Crippen LogP contribution >= 0.6 is 0 Å². The van der Waals surface area contributed by atoms with Crippen LogP contribution in [0.15, 0.2) is 83.9 Å². The average Bonchev–Trinajstić information content (AvgIpc) is 3.36. The Kier molecular flexibility index (Phi) is 7.83. The Balaban J connectivity index is 1.38. The highest BCUT2D eigenvalue weighted by Crippen LogP contribution is 2.30. The number of sulfonamides is 1. The number of aromatic nitrogens is 1. The molecule has 1 fully saturated rings. The van der Waals surface area contributed by atoms with E-state index in [1.54, 1.807) is 18.3 Å². The number of carbonyl (C=O) groups is 1. The van der Waals surface area contributed by atoms with Crippen LogP contribution in [-0.4, -0.2) is 51.7 Å². The van der Waals surface area contributed by atoms with E-state index in [1.807, 2.05) is 36.4 Å². The molecule has 8 nitrogen and oxygen atoms in total. The quantitative estimate of drug-likeness (QED) is 0.288. The highest BCUT2D eigenvalue weighted by molar-refractivity contribution is 7.89. The number of carbonyl (C=O) groups excluding carboxylic acids is 1. The molecule has 3 N–H and O–H groups in total. The minimum absolute atomic E-state index is 0.00156. The lowest BCUT2D eigenvalue weighted by atomic mass is 10.0. The van der Waals surface area contributed by atoms with Crippen LogP contribution in [-0.2, 0) is 32.2 Å². The fourth-order valence-corrected chi connectivity index (χ4v) is 5.79. The van der Waals surface area contributed by atoms with E-state index in [2.05, 4.69) is 19.9 Å². The number of benzene rings is 3. The Morgan fingerprint density at radius 2 is 1.65 bits per heavy atom. The first-order valence-electron chi connectivity index (χ1n) is 12.6. The van der Waals surface area contributed by atoms with Crippen molar-refractivity contribution >= 4 is 38.2 Å². The zero-order chi connectivity index (χ0) is 28.3. The Morgan fingerprint density at radius 3 is 2.33 bits per heavy atom. The summed E-state index contributed by atoms with van der Waals surface area (Å²) in [5.41, 5.74) is 1.99. The van der Waals surface area contributed by atoms with Crippen LogP contribution in [0.5, 0.6) is 0 Å². The Labute approximate surface area is 229 Å². The molecule has 1 aliphatic heterocycles. The topological polar surface area (TPSA) is 104 Å². The molecule has 0 bridgehead atoms. The van der Waals surface area contributed by atoms with Gasteiger partial charge in [0.1, 0.15) is 6.04 Å². The van der Waals surface area contributed by atoms with Crippen molar-refractivity contribution in [2.45, 2.75) is 23.5 Å². The van der Waals surface area contributed by atoms with Gasteiger partial charge in [-0.1, -0.05) is 18.2 Å². The van der Waals surface area contributed by atoms with E-state index in [-0.39, 0.29) is 11.3 Å². The van der Waals surface area contributed by atoms with Gasteiger partial charge in [-0.3, -0.25) is 4.79 Å². The fourth-order valence-electron chi connectivity index (χ4n) is 4.59. The highest BCUT2D eigenvalue weighted by atomic mass is 32.2. The summed E-state index contributed by atoms with van der Waals surface area (Å²) in [6, 6.07) is 16.4. The van der Waals surface area contributed by atoms with Gasteiger partial charge in [-0.15, -0.1) is 0 Å². The van der Waals surface area contributed by atoms with Crippen LogP contribution in [0.25, 0.3) is 10.9 Å². The number of amides is 1. The second kappa shape index (κ2) is 11.3. The number of fused-ring (bicyclic) bond motifs is 1. The SMILES string of the molecule is O=C(Nc1ccc(N2CCOCC2)cc1)[C@H](Cc1c[nH]c2ccccc12)NS(=O)(=O)c1ccc(C(F)(F)F)cc1. The molecule has 1 saturated heterocycles. The van der Waals surface area contributed by atoms with Crippen LogP contribution in [0.2, 0.25) is 0 Å². The fraction of sp³-hybridized carbons (Fsp3) is 0.250. The predicted molar refractivity (Wildman–Crippen MR) is 146 cm³/mol. The van der Waals surface area contributed by atoms with Gasteiger partial charge in [0.05, 0.1) is 23.7 Å². The van der Waals surface area contributed by atoms with Gasteiger partial charge in [0.25, 0.3) is 0 Å². The van der Waals surface area contributed by atoms with E-state index < -0.39 is 33.7 Å². The maximum absolute atomic E-state index is 13.4. The second-order valence-electron chi connectivity index (χ2n) is 9.40. The molecule has 210 valence electrons. The van der Waals surface area contributed by atoms with Crippen LogP contribution in [0.4, 0.5) is 24.5 Å². The third-order valence-electron chi connectivity index (χ3n) is 6.72. The Bertz CT molecular complexity index is 1580. The second-order valence-corrected chi connectivity index (χ2v) is 11.1. The summed E-state index contributed by atoms with van der Waals surface area (Å²) in [5, 5.41) is 3.59. The Hall–Kier alpha value is -3.87. The van der Waals surface area contributed by atoms with Crippen LogP contribution in [0.3, 0.4) is 0 Å². The van der Waals surface area contributed by atoms with Gasteiger partial charge in [-0.05, 0) is 66.6 Å². The van der Waals surface area contributed by atoms with Crippen LogP contribution in [0.1, 0.15) is 11.1 Å². The number of nitrogens with one attached hydrogen (secondary N) is 3. The van der Waals surface area contributed by atoms with Gasteiger partial charge < -0.3 is 19.9 Å². The maximum Gasteiger partial charge on any atom is 0.416 e. The maximum atomic E-state index is 13.4. The molecule has 3 aromatic carbocycles. The average molecular weight is 573 g/mol. The van der Waals surface area contributed by atoms with Gasteiger partial charge in [-0.25, -0.2) is 8.42 Å². The van der Waals surface area contributed by atoms with Crippen LogP contribution < -0.4 is 14.9 Å². The number of halogens is 3. The zero-order valence-electron chi connectivity index (χ0n) is 21.2. The summed E-state index contributed by atoms with van der Waals surface area (Å²) in [5.74, 6) is -0.611. The smallest absolute Gasteiger partial charge is 0.378 e.